The van der Waals surface area contributed by atoms with Crippen molar-refractivity contribution in [3.05, 3.63) is 11.9 Å². The van der Waals surface area contributed by atoms with E-state index in [1.54, 1.807) is 10.9 Å². The minimum atomic E-state index is 0.0522. The molecule has 0 spiro atoms. The Kier molecular flexibility index (Phi) is 1.95. The fraction of sp³-hybridized carbons (Fsp3) is 0.600. The van der Waals surface area contributed by atoms with E-state index in [0.29, 0.717) is 5.69 Å². The first kappa shape index (κ1) is 9.07. The quantitative estimate of drug-likeness (QED) is 0.775. The van der Waals surface area contributed by atoms with Crippen LogP contribution in [0.25, 0.3) is 0 Å². The summed E-state index contributed by atoms with van der Waals surface area (Å²) >= 11 is 0. The summed E-state index contributed by atoms with van der Waals surface area (Å²) in [5, 5.41) is 22.6. The molecule has 4 heteroatoms. The van der Waals surface area contributed by atoms with E-state index in [4.69, 9.17) is 5.26 Å². The fourth-order valence-electron chi connectivity index (χ4n) is 1.56. The Morgan fingerprint density at radius 2 is 2.43 bits per heavy atom. The van der Waals surface area contributed by atoms with Gasteiger partial charge in [-0.25, -0.2) is 0 Å². The molecule has 0 bridgehead atoms. The first-order valence-corrected chi connectivity index (χ1v) is 4.81. The van der Waals surface area contributed by atoms with Crippen molar-refractivity contribution in [2.75, 3.05) is 0 Å². The molecule has 0 saturated heterocycles. The lowest BCUT2D eigenvalue weighted by molar-refractivity contribution is 0.465. The Bertz CT molecular complexity index is 389. The van der Waals surface area contributed by atoms with Crippen LogP contribution in [0.3, 0.4) is 0 Å². The second-order valence-corrected chi connectivity index (χ2v) is 4.05. The van der Waals surface area contributed by atoms with E-state index in [9.17, 15) is 5.11 Å². The topological polar surface area (TPSA) is 61.8 Å². The van der Waals surface area contributed by atoms with Crippen LogP contribution in [0.5, 0.6) is 5.75 Å². The van der Waals surface area contributed by atoms with E-state index in [1.807, 2.05) is 13.8 Å². The van der Waals surface area contributed by atoms with E-state index in [-0.39, 0.29) is 23.6 Å². The first-order valence-electron chi connectivity index (χ1n) is 4.81. The SMILES string of the molecule is CC(C)n1cc(O)c(C2CC2C#N)n1. The lowest BCUT2D eigenvalue weighted by Gasteiger charge is -2.02. The molecule has 74 valence electrons. The average molecular weight is 191 g/mol. The molecule has 2 rings (SSSR count). The molecule has 4 nitrogen and oxygen atoms in total. The molecule has 1 saturated carbocycles. The van der Waals surface area contributed by atoms with Crippen molar-refractivity contribution in [1.29, 1.82) is 5.26 Å². The molecule has 2 unspecified atom stereocenters. The van der Waals surface area contributed by atoms with Crippen LogP contribution in [-0.4, -0.2) is 14.9 Å². The maximum atomic E-state index is 9.61. The van der Waals surface area contributed by atoms with Gasteiger partial charge in [-0.15, -0.1) is 0 Å². The number of aromatic nitrogens is 2. The summed E-state index contributed by atoms with van der Waals surface area (Å²) in [5.74, 6) is 0.429. The van der Waals surface area contributed by atoms with Crippen LogP contribution >= 0.6 is 0 Å². The number of aromatic hydroxyl groups is 1. The molecule has 14 heavy (non-hydrogen) atoms. The molecule has 1 N–H and O–H groups in total. The molecule has 0 aromatic carbocycles. The largest absolute Gasteiger partial charge is 0.504 e. The molecule has 1 aromatic heterocycles. The summed E-state index contributed by atoms with van der Waals surface area (Å²) in [7, 11) is 0. The Hall–Kier alpha value is -1.50. The maximum Gasteiger partial charge on any atom is 0.157 e. The van der Waals surface area contributed by atoms with Crippen molar-refractivity contribution >= 4 is 0 Å². The Balaban J connectivity index is 2.24. The number of nitrogens with zero attached hydrogens (tertiary/aromatic N) is 3. The van der Waals surface area contributed by atoms with Gasteiger partial charge < -0.3 is 5.11 Å². The molecule has 2 atom stereocenters. The standard InChI is InChI=1S/C10H13N3O/c1-6(2)13-5-9(14)10(12-13)8-3-7(8)4-11/h5-8,14H,3H2,1-2H3. The van der Waals surface area contributed by atoms with Gasteiger partial charge in [-0.3, -0.25) is 4.68 Å². The van der Waals surface area contributed by atoms with E-state index >= 15 is 0 Å². The number of hydrogen-bond donors (Lipinski definition) is 1. The highest BCUT2D eigenvalue weighted by atomic mass is 16.3. The van der Waals surface area contributed by atoms with Gasteiger partial charge in [-0.05, 0) is 20.3 Å². The zero-order valence-corrected chi connectivity index (χ0v) is 8.31. The van der Waals surface area contributed by atoms with Gasteiger partial charge in [0.15, 0.2) is 5.75 Å². The summed E-state index contributed by atoms with van der Waals surface area (Å²) in [5.41, 5.74) is 0.685. The summed E-state index contributed by atoms with van der Waals surface area (Å²) in [6.07, 6.45) is 2.46. The number of rotatable bonds is 2. The summed E-state index contributed by atoms with van der Waals surface area (Å²) < 4.78 is 1.73. The Morgan fingerprint density at radius 1 is 1.71 bits per heavy atom. The van der Waals surface area contributed by atoms with Crippen molar-refractivity contribution in [2.24, 2.45) is 5.92 Å². The van der Waals surface area contributed by atoms with Gasteiger partial charge in [0.2, 0.25) is 0 Å². The van der Waals surface area contributed by atoms with Gasteiger partial charge >= 0.3 is 0 Å². The summed E-state index contributed by atoms with van der Waals surface area (Å²) in [6.45, 7) is 4.01. The third-order valence-corrected chi connectivity index (χ3v) is 2.58. The molecule has 0 amide bonds. The van der Waals surface area contributed by atoms with Crippen LogP contribution in [0.2, 0.25) is 0 Å². The van der Waals surface area contributed by atoms with Gasteiger partial charge in [-0.2, -0.15) is 10.4 Å². The van der Waals surface area contributed by atoms with Gasteiger partial charge in [-0.1, -0.05) is 0 Å². The van der Waals surface area contributed by atoms with Crippen LogP contribution in [0.15, 0.2) is 6.20 Å². The zero-order valence-electron chi connectivity index (χ0n) is 8.31. The molecular weight excluding hydrogens is 178 g/mol. The predicted molar refractivity (Wildman–Crippen MR) is 50.7 cm³/mol. The Morgan fingerprint density at radius 3 is 2.86 bits per heavy atom. The second kappa shape index (κ2) is 3.02. The lowest BCUT2D eigenvalue weighted by atomic mass is 10.2. The molecule has 1 aromatic rings. The van der Waals surface area contributed by atoms with Crippen LogP contribution in [0, 0.1) is 17.2 Å². The highest BCUT2D eigenvalue weighted by Gasteiger charge is 2.42. The molecule has 1 heterocycles. The lowest BCUT2D eigenvalue weighted by Crippen LogP contribution is -2.01. The van der Waals surface area contributed by atoms with Gasteiger partial charge in [0.05, 0.1) is 18.2 Å². The van der Waals surface area contributed by atoms with Crippen molar-refractivity contribution in [1.82, 2.24) is 9.78 Å². The van der Waals surface area contributed by atoms with Crippen LogP contribution < -0.4 is 0 Å². The fourth-order valence-corrected chi connectivity index (χ4v) is 1.56. The van der Waals surface area contributed by atoms with Crippen LogP contribution in [0.1, 0.15) is 37.9 Å². The normalized spacial score (nSPS) is 25.0. The van der Waals surface area contributed by atoms with Gasteiger partial charge in [0.1, 0.15) is 5.69 Å². The molecule has 1 aliphatic carbocycles. The minimum absolute atomic E-state index is 0.0522. The van der Waals surface area contributed by atoms with Crippen molar-refractivity contribution < 1.29 is 5.11 Å². The van der Waals surface area contributed by atoms with Gasteiger partial charge in [0, 0.05) is 12.0 Å². The van der Waals surface area contributed by atoms with Crippen molar-refractivity contribution in [3.8, 4) is 11.8 Å². The molecule has 0 aliphatic heterocycles. The monoisotopic (exact) mass is 191 g/mol. The van der Waals surface area contributed by atoms with Crippen molar-refractivity contribution in [3.63, 3.8) is 0 Å². The van der Waals surface area contributed by atoms with E-state index in [0.717, 1.165) is 6.42 Å². The molecule has 0 radical (unpaired) electrons. The maximum absolute atomic E-state index is 9.61. The Labute approximate surface area is 82.8 Å². The van der Waals surface area contributed by atoms with E-state index in [1.165, 1.54) is 0 Å². The third-order valence-electron chi connectivity index (χ3n) is 2.58. The zero-order chi connectivity index (χ0) is 10.3. The third kappa shape index (κ3) is 1.35. The molecule has 1 aliphatic rings. The van der Waals surface area contributed by atoms with Crippen LogP contribution in [0.4, 0.5) is 0 Å². The minimum Gasteiger partial charge on any atom is -0.504 e. The molecular formula is C10H13N3O. The average Bonchev–Trinajstić information content (AvgIpc) is 2.82. The van der Waals surface area contributed by atoms with E-state index in [2.05, 4.69) is 11.2 Å². The highest BCUT2D eigenvalue weighted by molar-refractivity contribution is 5.33. The number of nitriles is 1. The first-order chi connectivity index (χ1) is 6.63. The second-order valence-electron chi connectivity index (χ2n) is 4.05. The highest BCUT2D eigenvalue weighted by Crippen LogP contribution is 2.49. The van der Waals surface area contributed by atoms with E-state index < -0.39 is 0 Å². The number of hydrogen-bond acceptors (Lipinski definition) is 3. The van der Waals surface area contributed by atoms with Crippen molar-refractivity contribution in [2.45, 2.75) is 32.2 Å². The predicted octanol–water partition coefficient (Wildman–Crippen LogP) is 1.80. The van der Waals surface area contributed by atoms with Crippen LogP contribution in [-0.2, 0) is 0 Å². The summed E-state index contributed by atoms with van der Waals surface area (Å²) in [6, 6.07) is 2.44. The molecule has 1 fully saturated rings. The van der Waals surface area contributed by atoms with Gasteiger partial charge in [0.25, 0.3) is 0 Å². The summed E-state index contributed by atoms with van der Waals surface area (Å²) in [4.78, 5) is 0. The smallest absolute Gasteiger partial charge is 0.157 e.